The van der Waals surface area contributed by atoms with Gasteiger partial charge in [-0.1, -0.05) is 23.7 Å². The molecule has 2 aromatic carbocycles. The molecule has 7 nitrogen and oxygen atoms in total. The summed E-state index contributed by atoms with van der Waals surface area (Å²) in [5, 5.41) is 12.1. The molecule has 130 valence electrons. The number of hydrogen-bond donors (Lipinski definition) is 3. The first kappa shape index (κ1) is 17.4. The van der Waals surface area contributed by atoms with Gasteiger partial charge in [0.05, 0.1) is 11.3 Å². The van der Waals surface area contributed by atoms with Crippen molar-refractivity contribution < 1.29 is 14.7 Å². The van der Waals surface area contributed by atoms with Crippen LogP contribution in [0.15, 0.2) is 59.5 Å². The monoisotopic (exact) mass is 369 g/mol. The fraction of sp³-hybridized carbons (Fsp3) is 0. The molecule has 0 saturated heterocycles. The Morgan fingerprint density at radius 3 is 2.38 bits per heavy atom. The number of anilines is 1. The van der Waals surface area contributed by atoms with Crippen molar-refractivity contribution >= 4 is 29.2 Å². The normalized spacial score (nSPS) is 10.3. The molecule has 8 heteroatoms. The number of aromatic nitrogens is 2. The first-order valence-corrected chi connectivity index (χ1v) is 7.82. The van der Waals surface area contributed by atoms with Gasteiger partial charge < -0.3 is 15.4 Å². The number of nitrogens with one attached hydrogen (secondary N) is 2. The molecule has 3 rings (SSSR count). The van der Waals surface area contributed by atoms with E-state index in [9.17, 15) is 14.4 Å². The van der Waals surface area contributed by atoms with Crippen molar-refractivity contribution in [2.75, 3.05) is 5.32 Å². The average molecular weight is 370 g/mol. The number of carbonyl (C=O) groups is 2. The molecule has 1 aromatic heterocycles. The van der Waals surface area contributed by atoms with E-state index in [0.29, 0.717) is 10.6 Å². The van der Waals surface area contributed by atoms with Gasteiger partial charge >= 0.3 is 5.97 Å². The predicted molar refractivity (Wildman–Crippen MR) is 96.7 cm³/mol. The number of halogens is 1. The molecule has 3 N–H and O–H groups in total. The molecular weight excluding hydrogens is 358 g/mol. The summed E-state index contributed by atoms with van der Waals surface area (Å²) >= 11 is 5.82. The third kappa shape index (κ3) is 3.62. The zero-order chi connectivity index (χ0) is 18.7. The third-order valence-electron chi connectivity index (χ3n) is 3.57. The Bertz CT molecular complexity index is 1040. The highest BCUT2D eigenvalue weighted by molar-refractivity contribution is 6.30. The molecule has 0 fully saturated rings. The van der Waals surface area contributed by atoms with Gasteiger partial charge in [0.25, 0.3) is 11.5 Å². The number of carboxylic acids is 1. The molecule has 0 aliphatic carbocycles. The van der Waals surface area contributed by atoms with Crippen LogP contribution < -0.4 is 10.9 Å². The molecule has 0 bridgehead atoms. The van der Waals surface area contributed by atoms with Crippen LogP contribution >= 0.6 is 11.6 Å². The second-order valence-corrected chi connectivity index (χ2v) is 5.72. The van der Waals surface area contributed by atoms with Gasteiger partial charge in [-0.2, -0.15) is 0 Å². The van der Waals surface area contributed by atoms with Crippen molar-refractivity contribution in [1.82, 2.24) is 9.97 Å². The molecule has 0 saturated carbocycles. The maximum Gasteiger partial charge on any atom is 0.337 e. The molecular formula is C18H12ClN3O4. The van der Waals surface area contributed by atoms with Gasteiger partial charge in [0.1, 0.15) is 11.4 Å². The van der Waals surface area contributed by atoms with Gasteiger partial charge in [-0.25, -0.2) is 9.78 Å². The van der Waals surface area contributed by atoms with Crippen molar-refractivity contribution in [3.63, 3.8) is 0 Å². The van der Waals surface area contributed by atoms with Crippen LogP contribution in [0.3, 0.4) is 0 Å². The summed E-state index contributed by atoms with van der Waals surface area (Å²) in [6.07, 6.45) is 1.14. The summed E-state index contributed by atoms with van der Waals surface area (Å²) in [5.74, 6) is -1.66. The number of amides is 1. The average Bonchev–Trinajstić information content (AvgIpc) is 2.62. The minimum atomic E-state index is -1.19. The summed E-state index contributed by atoms with van der Waals surface area (Å²) in [7, 11) is 0. The highest BCUT2D eigenvalue weighted by Gasteiger charge is 2.16. The van der Waals surface area contributed by atoms with Gasteiger partial charge in [-0.05, 0) is 36.4 Å². The molecule has 3 aromatic rings. The van der Waals surface area contributed by atoms with E-state index in [1.165, 1.54) is 18.2 Å². The molecule has 0 unspecified atom stereocenters. The van der Waals surface area contributed by atoms with E-state index < -0.39 is 17.4 Å². The number of benzene rings is 2. The van der Waals surface area contributed by atoms with Gasteiger partial charge in [0.15, 0.2) is 0 Å². The smallest absolute Gasteiger partial charge is 0.337 e. The number of aromatic amines is 1. The first-order chi connectivity index (χ1) is 12.5. The van der Waals surface area contributed by atoms with Crippen LogP contribution in [0.1, 0.15) is 20.7 Å². The van der Waals surface area contributed by atoms with Crippen molar-refractivity contribution in [2.24, 2.45) is 0 Å². The quantitative estimate of drug-likeness (QED) is 0.654. The molecule has 26 heavy (non-hydrogen) atoms. The highest BCUT2D eigenvalue weighted by Crippen LogP contribution is 2.18. The predicted octanol–water partition coefficient (Wildman–Crippen LogP) is 3.04. The lowest BCUT2D eigenvalue weighted by Gasteiger charge is -2.08. The van der Waals surface area contributed by atoms with Gasteiger partial charge in [0.2, 0.25) is 0 Å². The lowest BCUT2D eigenvalue weighted by atomic mass is 10.1. The number of aromatic carboxylic acids is 1. The van der Waals surface area contributed by atoms with E-state index in [1.54, 1.807) is 30.3 Å². The molecule has 0 spiro atoms. The Kier molecular flexibility index (Phi) is 4.81. The van der Waals surface area contributed by atoms with Crippen LogP contribution in [0.5, 0.6) is 0 Å². The number of H-pyrrole nitrogens is 1. The van der Waals surface area contributed by atoms with Crippen LogP contribution in [-0.2, 0) is 0 Å². The van der Waals surface area contributed by atoms with E-state index in [0.717, 1.165) is 6.20 Å². The van der Waals surface area contributed by atoms with Crippen LogP contribution in [0, 0.1) is 0 Å². The first-order valence-electron chi connectivity index (χ1n) is 7.44. The topological polar surface area (TPSA) is 112 Å². The summed E-state index contributed by atoms with van der Waals surface area (Å²) in [5.41, 5.74) is -0.234. The van der Waals surface area contributed by atoms with Crippen LogP contribution in [-0.4, -0.2) is 27.0 Å². The number of rotatable bonds is 4. The third-order valence-corrected chi connectivity index (χ3v) is 3.82. The van der Waals surface area contributed by atoms with Gasteiger partial charge in [-0.15, -0.1) is 0 Å². The number of para-hydroxylation sites is 1. The molecule has 1 heterocycles. The van der Waals surface area contributed by atoms with Crippen molar-refractivity contribution in [3.8, 4) is 11.4 Å². The highest BCUT2D eigenvalue weighted by atomic mass is 35.5. The summed E-state index contributed by atoms with van der Waals surface area (Å²) in [6, 6.07) is 12.6. The van der Waals surface area contributed by atoms with Crippen LogP contribution in [0.4, 0.5) is 5.69 Å². The zero-order valence-electron chi connectivity index (χ0n) is 13.2. The summed E-state index contributed by atoms with van der Waals surface area (Å²) < 4.78 is 0. The zero-order valence-corrected chi connectivity index (χ0v) is 13.9. The van der Waals surface area contributed by atoms with E-state index in [-0.39, 0.29) is 22.6 Å². The Labute approximate surface area is 152 Å². The van der Waals surface area contributed by atoms with Gasteiger partial charge in [0, 0.05) is 16.8 Å². The fourth-order valence-electron chi connectivity index (χ4n) is 2.28. The molecule has 0 aliphatic heterocycles. The lowest BCUT2D eigenvalue weighted by molar-refractivity contribution is 0.0698. The second-order valence-electron chi connectivity index (χ2n) is 5.29. The van der Waals surface area contributed by atoms with Crippen molar-refractivity contribution in [2.45, 2.75) is 0 Å². The Hall–Kier alpha value is -3.45. The Balaban J connectivity index is 1.88. The van der Waals surface area contributed by atoms with E-state index >= 15 is 0 Å². The Morgan fingerprint density at radius 2 is 1.73 bits per heavy atom. The number of carboxylic acid groups (broad SMARTS) is 1. The minimum absolute atomic E-state index is 0.0805. The van der Waals surface area contributed by atoms with Crippen LogP contribution in [0.2, 0.25) is 5.02 Å². The SMILES string of the molecule is O=C(O)c1ccccc1NC(=O)c1cnc(-c2ccc(Cl)cc2)[nH]c1=O. The van der Waals surface area contributed by atoms with E-state index in [4.69, 9.17) is 16.7 Å². The fourth-order valence-corrected chi connectivity index (χ4v) is 2.41. The molecule has 0 atom stereocenters. The lowest BCUT2D eigenvalue weighted by Crippen LogP contribution is -2.24. The molecule has 1 amide bonds. The molecule has 0 aliphatic rings. The second kappa shape index (κ2) is 7.20. The van der Waals surface area contributed by atoms with E-state index in [1.807, 2.05) is 0 Å². The summed E-state index contributed by atoms with van der Waals surface area (Å²) in [4.78, 5) is 42.4. The standard InChI is InChI=1S/C18H12ClN3O4/c19-11-7-5-10(6-8-11)15-20-9-13(17(24)22-15)16(23)21-14-4-2-1-3-12(14)18(25)26/h1-9H,(H,21,23)(H,25,26)(H,20,22,24). The minimum Gasteiger partial charge on any atom is -0.478 e. The molecule has 0 radical (unpaired) electrons. The van der Waals surface area contributed by atoms with Crippen molar-refractivity contribution in [1.29, 1.82) is 0 Å². The largest absolute Gasteiger partial charge is 0.478 e. The van der Waals surface area contributed by atoms with E-state index in [2.05, 4.69) is 15.3 Å². The number of nitrogens with zero attached hydrogens (tertiary/aromatic N) is 1. The van der Waals surface area contributed by atoms with Crippen molar-refractivity contribution in [3.05, 3.63) is 81.2 Å². The summed E-state index contributed by atoms with van der Waals surface area (Å²) in [6.45, 7) is 0. The maximum atomic E-state index is 12.3. The maximum absolute atomic E-state index is 12.3. The number of carbonyl (C=O) groups excluding carboxylic acids is 1. The Morgan fingerprint density at radius 1 is 1.04 bits per heavy atom. The van der Waals surface area contributed by atoms with Crippen LogP contribution in [0.25, 0.3) is 11.4 Å². The number of hydrogen-bond acceptors (Lipinski definition) is 4. The van der Waals surface area contributed by atoms with Gasteiger partial charge in [-0.3, -0.25) is 9.59 Å².